The number of allylic oxidation sites excluding steroid dienone is 5. The van der Waals surface area contributed by atoms with Gasteiger partial charge in [-0.25, -0.2) is 0 Å². The molecule has 0 aromatic carbocycles. The first-order valence-electron chi connectivity index (χ1n) is 6.87. The molecule has 1 nitrogen and oxygen atoms in total. The fourth-order valence-corrected chi connectivity index (χ4v) is 1.32. The van der Waals surface area contributed by atoms with E-state index in [0.29, 0.717) is 0 Å². The van der Waals surface area contributed by atoms with Crippen molar-refractivity contribution in [2.24, 2.45) is 10.4 Å². The van der Waals surface area contributed by atoms with E-state index in [9.17, 15) is 0 Å². The summed E-state index contributed by atoms with van der Waals surface area (Å²) in [6.07, 6.45) is 10.7. The molecule has 0 spiro atoms. The van der Waals surface area contributed by atoms with Crippen LogP contribution in [-0.2, 0) is 0 Å². The maximum Gasteiger partial charge on any atom is 0.0441 e. The zero-order chi connectivity index (χ0) is 14.2. The molecule has 0 N–H and O–H groups in total. The van der Waals surface area contributed by atoms with Gasteiger partial charge in [-0.1, -0.05) is 57.9 Å². The normalized spacial score (nSPS) is 15.6. The predicted octanol–water partition coefficient (Wildman–Crippen LogP) is 5.70. The zero-order valence-corrected chi connectivity index (χ0v) is 13.2. The summed E-state index contributed by atoms with van der Waals surface area (Å²) in [5.41, 5.74) is 3.94. The summed E-state index contributed by atoms with van der Waals surface area (Å²) in [6, 6.07) is 0. The molecule has 102 valence electrons. The van der Waals surface area contributed by atoms with Crippen molar-refractivity contribution in [1.29, 1.82) is 0 Å². The standard InChI is InChI=1S/C17H29N/c1-8-10-11-16(15(4)18-12-9-2)13-14(3)17(5,6)7/h9,11-13H,8,10H2,1-7H3/b12-9-,14-13+,16-11+,18-15+. The van der Waals surface area contributed by atoms with E-state index in [-0.39, 0.29) is 5.41 Å². The minimum absolute atomic E-state index is 0.214. The minimum atomic E-state index is 0.214. The van der Waals surface area contributed by atoms with Crippen molar-refractivity contribution in [3.05, 3.63) is 35.6 Å². The van der Waals surface area contributed by atoms with Gasteiger partial charge in [-0.05, 0) is 38.2 Å². The summed E-state index contributed by atoms with van der Waals surface area (Å²) in [4.78, 5) is 4.45. The molecule has 1 heteroatoms. The maximum absolute atomic E-state index is 4.45. The van der Waals surface area contributed by atoms with E-state index in [4.69, 9.17) is 0 Å². The summed E-state index contributed by atoms with van der Waals surface area (Å²) in [5, 5.41) is 0. The minimum Gasteiger partial charge on any atom is -0.261 e. The van der Waals surface area contributed by atoms with Crippen LogP contribution in [0.1, 0.15) is 61.3 Å². The molecule has 0 saturated carbocycles. The van der Waals surface area contributed by atoms with Gasteiger partial charge in [0.25, 0.3) is 0 Å². The van der Waals surface area contributed by atoms with Gasteiger partial charge in [0, 0.05) is 11.9 Å². The highest BCUT2D eigenvalue weighted by Crippen LogP contribution is 2.26. The van der Waals surface area contributed by atoms with Gasteiger partial charge in [0.1, 0.15) is 0 Å². The molecule has 18 heavy (non-hydrogen) atoms. The average molecular weight is 247 g/mol. The van der Waals surface area contributed by atoms with E-state index >= 15 is 0 Å². The first-order valence-corrected chi connectivity index (χ1v) is 6.87. The summed E-state index contributed by atoms with van der Waals surface area (Å²) in [6.45, 7) is 15.2. The molecule has 0 atom stereocenters. The van der Waals surface area contributed by atoms with Crippen molar-refractivity contribution in [3.8, 4) is 0 Å². The topological polar surface area (TPSA) is 12.4 Å². The van der Waals surface area contributed by atoms with Crippen LogP contribution in [0, 0.1) is 5.41 Å². The summed E-state index contributed by atoms with van der Waals surface area (Å²) < 4.78 is 0. The second-order valence-corrected chi connectivity index (χ2v) is 5.72. The smallest absolute Gasteiger partial charge is 0.0441 e. The molecule has 0 rings (SSSR count). The number of hydrogen-bond acceptors (Lipinski definition) is 1. The van der Waals surface area contributed by atoms with Crippen molar-refractivity contribution in [1.82, 2.24) is 0 Å². The lowest BCUT2D eigenvalue weighted by atomic mass is 9.86. The highest BCUT2D eigenvalue weighted by atomic mass is 14.7. The molecule has 0 aromatic rings. The lowest BCUT2D eigenvalue weighted by molar-refractivity contribution is 0.504. The molecule has 0 aliphatic heterocycles. The monoisotopic (exact) mass is 247 g/mol. The Morgan fingerprint density at radius 3 is 2.22 bits per heavy atom. The summed E-state index contributed by atoms with van der Waals surface area (Å²) >= 11 is 0. The molecule has 0 amide bonds. The van der Waals surface area contributed by atoms with Gasteiger partial charge in [0.05, 0.1) is 0 Å². The van der Waals surface area contributed by atoms with Gasteiger partial charge in [0.2, 0.25) is 0 Å². The van der Waals surface area contributed by atoms with E-state index in [2.05, 4.69) is 58.7 Å². The average Bonchev–Trinajstić information content (AvgIpc) is 2.29. The van der Waals surface area contributed by atoms with Crippen molar-refractivity contribution in [2.75, 3.05) is 0 Å². The molecule has 0 radical (unpaired) electrons. The second kappa shape index (κ2) is 8.07. The maximum atomic E-state index is 4.45. The van der Waals surface area contributed by atoms with Crippen molar-refractivity contribution >= 4 is 5.71 Å². The zero-order valence-electron chi connectivity index (χ0n) is 13.2. The molecule has 0 aromatic heterocycles. The van der Waals surface area contributed by atoms with Gasteiger partial charge in [-0.15, -0.1) is 0 Å². The number of rotatable bonds is 5. The highest BCUT2D eigenvalue weighted by molar-refractivity contribution is 6.01. The molecule has 0 saturated heterocycles. The van der Waals surface area contributed by atoms with Crippen LogP contribution in [0.4, 0.5) is 0 Å². The predicted molar refractivity (Wildman–Crippen MR) is 84.1 cm³/mol. The van der Waals surface area contributed by atoms with Crippen LogP contribution in [-0.4, -0.2) is 5.71 Å². The Morgan fingerprint density at radius 1 is 1.17 bits per heavy atom. The molecule has 0 aliphatic rings. The number of unbranched alkanes of at least 4 members (excludes halogenated alkanes) is 1. The van der Waals surface area contributed by atoms with Crippen molar-refractivity contribution < 1.29 is 0 Å². The van der Waals surface area contributed by atoms with Gasteiger partial charge in [-0.2, -0.15) is 0 Å². The van der Waals surface area contributed by atoms with Gasteiger partial charge >= 0.3 is 0 Å². The highest BCUT2D eigenvalue weighted by Gasteiger charge is 2.13. The molecule has 0 aliphatic carbocycles. The van der Waals surface area contributed by atoms with Crippen LogP contribution in [0.25, 0.3) is 0 Å². The number of aliphatic imine (C=N–C) groups is 1. The van der Waals surface area contributed by atoms with Gasteiger partial charge in [0.15, 0.2) is 0 Å². The Labute approximate surface area is 113 Å². The van der Waals surface area contributed by atoms with Crippen molar-refractivity contribution in [2.45, 2.75) is 61.3 Å². The lowest BCUT2D eigenvalue weighted by Crippen LogP contribution is -2.08. The molecular weight excluding hydrogens is 218 g/mol. The Hall–Kier alpha value is -1.11. The van der Waals surface area contributed by atoms with Gasteiger partial charge in [-0.3, -0.25) is 4.99 Å². The first kappa shape index (κ1) is 16.9. The van der Waals surface area contributed by atoms with Crippen molar-refractivity contribution in [3.63, 3.8) is 0 Å². The Balaban J connectivity index is 5.27. The molecular formula is C17H29N. The molecule has 0 fully saturated rings. The third kappa shape index (κ3) is 6.58. The van der Waals surface area contributed by atoms with Crippen LogP contribution in [0.3, 0.4) is 0 Å². The number of nitrogens with zero attached hydrogens (tertiary/aromatic N) is 1. The van der Waals surface area contributed by atoms with Crippen LogP contribution >= 0.6 is 0 Å². The largest absolute Gasteiger partial charge is 0.261 e. The van der Waals surface area contributed by atoms with Crippen LogP contribution in [0.2, 0.25) is 0 Å². The Kier molecular flexibility index (Phi) is 7.58. The SMILES string of the molecule is C\C=C/N=C(C)/C(=C/CCC)/C=C(\C)C(C)(C)C. The quantitative estimate of drug-likeness (QED) is 0.436. The Morgan fingerprint density at radius 2 is 1.78 bits per heavy atom. The van der Waals surface area contributed by atoms with E-state index in [1.807, 2.05) is 19.2 Å². The molecule has 0 heterocycles. The Bertz CT molecular complexity index is 360. The summed E-state index contributed by atoms with van der Waals surface area (Å²) in [7, 11) is 0. The van der Waals surface area contributed by atoms with E-state index < -0.39 is 0 Å². The lowest BCUT2D eigenvalue weighted by Gasteiger charge is -2.20. The molecule has 0 bridgehead atoms. The van der Waals surface area contributed by atoms with Crippen LogP contribution in [0.5, 0.6) is 0 Å². The second-order valence-electron chi connectivity index (χ2n) is 5.72. The third-order valence-electron chi connectivity index (χ3n) is 3.04. The fraction of sp³-hybridized carbons (Fsp3) is 0.588. The van der Waals surface area contributed by atoms with E-state index in [1.54, 1.807) is 0 Å². The van der Waals surface area contributed by atoms with Crippen LogP contribution < -0.4 is 0 Å². The first-order chi connectivity index (χ1) is 8.32. The van der Waals surface area contributed by atoms with Gasteiger partial charge < -0.3 is 0 Å². The fourth-order valence-electron chi connectivity index (χ4n) is 1.32. The number of hydrogen-bond donors (Lipinski definition) is 0. The summed E-state index contributed by atoms with van der Waals surface area (Å²) in [5.74, 6) is 0. The van der Waals surface area contributed by atoms with E-state index in [0.717, 1.165) is 12.1 Å². The van der Waals surface area contributed by atoms with E-state index in [1.165, 1.54) is 17.6 Å². The molecule has 0 unspecified atom stereocenters. The van der Waals surface area contributed by atoms with Crippen LogP contribution in [0.15, 0.2) is 40.6 Å². The third-order valence-corrected chi connectivity index (χ3v) is 3.04.